The Morgan fingerprint density at radius 2 is 2.10 bits per heavy atom. The highest BCUT2D eigenvalue weighted by Crippen LogP contribution is 2.23. The molecule has 2 aromatic heterocycles. The molecule has 0 amide bonds. The topological polar surface area (TPSA) is 80.9 Å². The largest absolute Gasteiger partial charge is 0.476 e. The Morgan fingerprint density at radius 3 is 2.80 bits per heavy atom. The van der Waals surface area contributed by atoms with E-state index in [9.17, 15) is 9.90 Å². The lowest BCUT2D eigenvalue weighted by molar-refractivity contribution is 0.0692. The van der Waals surface area contributed by atoms with Crippen molar-refractivity contribution in [2.24, 2.45) is 0 Å². The van der Waals surface area contributed by atoms with Crippen molar-refractivity contribution in [1.29, 1.82) is 0 Å². The third kappa shape index (κ3) is 2.14. The fourth-order valence-corrected chi connectivity index (χ4v) is 2.37. The summed E-state index contributed by atoms with van der Waals surface area (Å²) in [6.07, 6.45) is 0. The van der Waals surface area contributed by atoms with Gasteiger partial charge in [0, 0.05) is 4.47 Å². The lowest BCUT2D eigenvalue weighted by Gasteiger charge is -2.02. The van der Waals surface area contributed by atoms with E-state index in [4.69, 9.17) is 11.6 Å². The molecule has 100 valence electrons. The van der Waals surface area contributed by atoms with Gasteiger partial charge in [0.1, 0.15) is 0 Å². The van der Waals surface area contributed by atoms with Gasteiger partial charge in [-0.05, 0) is 24.3 Å². The van der Waals surface area contributed by atoms with Gasteiger partial charge in [0.15, 0.2) is 16.5 Å². The highest BCUT2D eigenvalue weighted by atomic mass is 79.9. The monoisotopic (exact) mass is 352 g/mol. The molecule has 0 atom stereocenters. The minimum atomic E-state index is -1.15. The number of halogens is 2. The fraction of sp³-hybridized carbons (Fsp3) is 0. The van der Waals surface area contributed by atoms with E-state index >= 15 is 0 Å². The van der Waals surface area contributed by atoms with Gasteiger partial charge in [0.05, 0.1) is 11.1 Å². The molecule has 0 aliphatic heterocycles. The van der Waals surface area contributed by atoms with Crippen LogP contribution in [0.3, 0.4) is 0 Å². The Bertz CT molecular complexity index is 833. The number of aromatic nitrogens is 4. The first kappa shape index (κ1) is 13.0. The molecular formula is C12H6BrClN4O2. The van der Waals surface area contributed by atoms with Crippen LogP contribution < -0.4 is 0 Å². The highest BCUT2D eigenvalue weighted by molar-refractivity contribution is 9.10. The van der Waals surface area contributed by atoms with Crippen molar-refractivity contribution in [1.82, 2.24) is 20.0 Å². The van der Waals surface area contributed by atoms with Crippen LogP contribution in [0.15, 0.2) is 34.8 Å². The molecular weight excluding hydrogens is 348 g/mol. The first-order valence-electron chi connectivity index (χ1n) is 5.47. The smallest absolute Gasteiger partial charge is 0.357 e. The quantitative estimate of drug-likeness (QED) is 0.766. The second kappa shape index (κ2) is 4.84. The highest BCUT2D eigenvalue weighted by Gasteiger charge is 2.19. The number of carboxylic acids is 1. The Hall–Kier alpha value is -1.99. The van der Waals surface area contributed by atoms with E-state index in [1.165, 1.54) is 10.7 Å². The second-order valence-corrected chi connectivity index (χ2v) is 5.25. The number of carboxylic acid groups (broad SMARTS) is 1. The lowest BCUT2D eigenvalue weighted by atomic mass is 10.3. The first-order chi connectivity index (χ1) is 9.56. The third-order valence-corrected chi connectivity index (χ3v) is 3.33. The summed E-state index contributed by atoms with van der Waals surface area (Å²) in [7, 11) is 0. The predicted octanol–water partition coefficient (Wildman–Crippen LogP) is 2.93. The molecule has 0 spiro atoms. The van der Waals surface area contributed by atoms with E-state index in [2.05, 4.69) is 31.2 Å². The van der Waals surface area contributed by atoms with Crippen molar-refractivity contribution in [3.63, 3.8) is 0 Å². The Morgan fingerprint density at radius 1 is 1.30 bits per heavy atom. The molecule has 0 aliphatic rings. The summed E-state index contributed by atoms with van der Waals surface area (Å²) in [5.74, 6) is -1.15. The molecule has 0 saturated carbocycles. The third-order valence-electron chi connectivity index (χ3n) is 2.66. The number of rotatable bonds is 2. The van der Waals surface area contributed by atoms with E-state index < -0.39 is 5.97 Å². The molecule has 8 heteroatoms. The van der Waals surface area contributed by atoms with Crippen molar-refractivity contribution in [2.75, 3.05) is 0 Å². The van der Waals surface area contributed by atoms with Gasteiger partial charge in [-0.25, -0.2) is 9.48 Å². The molecule has 20 heavy (non-hydrogen) atoms. The number of fused-ring (bicyclic) bond motifs is 1. The number of hydrogen-bond acceptors (Lipinski definition) is 4. The van der Waals surface area contributed by atoms with Crippen LogP contribution in [0, 0.1) is 0 Å². The zero-order valence-corrected chi connectivity index (χ0v) is 12.1. The summed E-state index contributed by atoms with van der Waals surface area (Å²) in [5.41, 5.74) is 0.898. The van der Waals surface area contributed by atoms with E-state index in [1.807, 2.05) is 12.1 Å². The van der Waals surface area contributed by atoms with E-state index in [0.717, 1.165) is 4.47 Å². The molecule has 0 unspecified atom stereocenters. The maximum absolute atomic E-state index is 11.3. The Balaban J connectivity index is 2.34. The molecule has 0 radical (unpaired) electrons. The van der Waals surface area contributed by atoms with Gasteiger partial charge >= 0.3 is 5.97 Å². The minimum Gasteiger partial charge on any atom is -0.476 e. The van der Waals surface area contributed by atoms with E-state index in [1.54, 1.807) is 12.1 Å². The van der Waals surface area contributed by atoms with Gasteiger partial charge in [-0.3, -0.25) is 0 Å². The zero-order chi connectivity index (χ0) is 14.3. The van der Waals surface area contributed by atoms with Crippen molar-refractivity contribution in [2.45, 2.75) is 0 Å². The maximum atomic E-state index is 11.3. The van der Waals surface area contributed by atoms with E-state index in [0.29, 0.717) is 16.7 Å². The van der Waals surface area contributed by atoms with Gasteiger partial charge in [0.2, 0.25) is 0 Å². The van der Waals surface area contributed by atoms with Gasteiger partial charge < -0.3 is 5.11 Å². The van der Waals surface area contributed by atoms with Crippen LogP contribution in [-0.4, -0.2) is 31.1 Å². The van der Waals surface area contributed by atoms with Gasteiger partial charge in [-0.15, -0.1) is 10.2 Å². The summed E-state index contributed by atoms with van der Waals surface area (Å²) in [6, 6.07) is 8.70. The molecule has 3 rings (SSSR count). The van der Waals surface area contributed by atoms with Gasteiger partial charge in [-0.1, -0.05) is 33.6 Å². The maximum Gasteiger partial charge on any atom is 0.357 e. The number of carbonyl (C=O) groups is 1. The van der Waals surface area contributed by atoms with Crippen LogP contribution in [0.5, 0.6) is 0 Å². The molecule has 6 nitrogen and oxygen atoms in total. The summed E-state index contributed by atoms with van der Waals surface area (Å²) < 4.78 is 2.27. The number of benzene rings is 1. The van der Waals surface area contributed by atoms with Crippen molar-refractivity contribution >= 4 is 44.5 Å². The molecule has 0 saturated heterocycles. The van der Waals surface area contributed by atoms with Crippen LogP contribution in [0.25, 0.3) is 16.7 Å². The number of hydrogen-bond donors (Lipinski definition) is 1. The van der Waals surface area contributed by atoms with Crippen molar-refractivity contribution < 1.29 is 9.90 Å². The summed E-state index contributed by atoms with van der Waals surface area (Å²) in [4.78, 5) is 11.3. The SMILES string of the molecule is O=C(O)c1nn(-c2cccc(Br)c2)c2nnc(Cl)cc12. The van der Waals surface area contributed by atoms with Crippen LogP contribution in [0.2, 0.25) is 5.15 Å². The fourth-order valence-electron chi connectivity index (χ4n) is 1.84. The van der Waals surface area contributed by atoms with Gasteiger partial charge in [0.25, 0.3) is 0 Å². The molecule has 3 aromatic rings. The van der Waals surface area contributed by atoms with Crippen LogP contribution in [-0.2, 0) is 0 Å². The average molecular weight is 354 g/mol. The zero-order valence-electron chi connectivity index (χ0n) is 9.79. The minimum absolute atomic E-state index is 0.114. The lowest BCUT2D eigenvalue weighted by Crippen LogP contribution is -2.01. The Kier molecular flexibility index (Phi) is 3.15. The molecule has 0 bridgehead atoms. The Labute approximate surface area is 126 Å². The number of aromatic carboxylic acids is 1. The van der Waals surface area contributed by atoms with Gasteiger partial charge in [-0.2, -0.15) is 5.10 Å². The first-order valence-corrected chi connectivity index (χ1v) is 6.64. The summed E-state index contributed by atoms with van der Waals surface area (Å²) in [6.45, 7) is 0. The molecule has 0 aliphatic carbocycles. The molecule has 1 aromatic carbocycles. The molecule has 1 N–H and O–H groups in total. The second-order valence-electron chi connectivity index (χ2n) is 3.95. The average Bonchev–Trinajstić information content (AvgIpc) is 2.77. The summed E-state index contributed by atoms with van der Waals surface area (Å²) >= 11 is 9.12. The predicted molar refractivity (Wildman–Crippen MR) is 76.3 cm³/mol. The standard InChI is InChI=1S/C12H6BrClN4O2/c13-6-2-1-3-7(4-6)18-11-8(5-9(14)15-16-11)10(17-18)12(19)20/h1-5H,(H,19,20). The van der Waals surface area contributed by atoms with Crippen molar-refractivity contribution in [3.05, 3.63) is 45.7 Å². The molecule has 2 heterocycles. The summed E-state index contributed by atoms with van der Waals surface area (Å²) in [5, 5.41) is 21.4. The van der Waals surface area contributed by atoms with Crippen LogP contribution in [0.4, 0.5) is 0 Å². The molecule has 0 fully saturated rings. The normalized spacial score (nSPS) is 10.9. The van der Waals surface area contributed by atoms with Crippen molar-refractivity contribution in [3.8, 4) is 5.69 Å². The van der Waals surface area contributed by atoms with Crippen LogP contribution >= 0.6 is 27.5 Å². The van der Waals surface area contributed by atoms with E-state index in [-0.39, 0.29) is 10.8 Å². The van der Waals surface area contributed by atoms with Crippen LogP contribution in [0.1, 0.15) is 10.5 Å². The number of nitrogens with zero attached hydrogens (tertiary/aromatic N) is 4.